The van der Waals surface area contributed by atoms with Gasteiger partial charge in [0, 0.05) is 19.2 Å². The van der Waals surface area contributed by atoms with Crippen molar-refractivity contribution in [3.63, 3.8) is 0 Å². The highest BCUT2D eigenvalue weighted by Crippen LogP contribution is 2.39. The van der Waals surface area contributed by atoms with Gasteiger partial charge in [-0.15, -0.1) is 0 Å². The second-order valence-corrected chi connectivity index (χ2v) is 7.77. The maximum Gasteiger partial charge on any atom is 0.419 e. The smallest absolute Gasteiger partial charge is 0.419 e. The van der Waals surface area contributed by atoms with E-state index in [1.165, 1.54) is 21.8 Å². The van der Waals surface area contributed by atoms with Crippen molar-refractivity contribution in [2.24, 2.45) is 7.05 Å². The highest BCUT2D eigenvalue weighted by atomic mass is 16.4. The summed E-state index contributed by atoms with van der Waals surface area (Å²) in [6.45, 7) is 1.06. The third-order valence-corrected chi connectivity index (χ3v) is 5.42. The summed E-state index contributed by atoms with van der Waals surface area (Å²) in [4.78, 5) is 40.9. The zero-order valence-electron chi connectivity index (χ0n) is 17.5. The number of benzene rings is 1. The number of nitrogens with zero attached hydrogens (tertiary/aromatic N) is 3. The first-order valence-electron chi connectivity index (χ1n) is 9.86. The molecule has 1 aliphatic rings. The molecule has 3 heterocycles. The Bertz CT molecular complexity index is 1230. The topological polar surface area (TPSA) is 109 Å². The number of fused-ring (bicyclic) bond motifs is 1. The van der Waals surface area contributed by atoms with Crippen LogP contribution in [0.2, 0.25) is 0 Å². The number of aryl methyl sites for hydroxylation is 1. The molecule has 9 heteroatoms. The van der Waals surface area contributed by atoms with Crippen LogP contribution in [-0.4, -0.2) is 58.3 Å². The van der Waals surface area contributed by atoms with E-state index in [-0.39, 0.29) is 22.5 Å². The second kappa shape index (κ2) is 7.92. The fourth-order valence-electron chi connectivity index (χ4n) is 3.85. The highest BCUT2D eigenvalue weighted by Gasteiger charge is 2.47. The van der Waals surface area contributed by atoms with Gasteiger partial charge in [0.25, 0.3) is 11.7 Å². The van der Waals surface area contributed by atoms with Crippen molar-refractivity contribution < 1.29 is 23.5 Å². The van der Waals surface area contributed by atoms with Gasteiger partial charge in [0.05, 0.1) is 17.4 Å². The number of likely N-dealkylation sites (tertiary alicyclic amines) is 1. The number of amides is 1. The molecule has 0 aliphatic carbocycles. The molecular formula is C22H23N3O6. The predicted octanol–water partition coefficient (Wildman–Crippen LogP) is 2.10. The summed E-state index contributed by atoms with van der Waals surface area (Å²) < 4.78 is 12.0. The lowest BCUT2D eigenvalue weighted by molar-refractivity contribution is -0.140. The van der Waals surface area contributed by atoms with E-state index < -0.39 is 23.5 Å². The van der Waals surface area contributed by atoms with Gasteiger partial charge in [-0.2, -0.15) is 0 Å². The van der Waals surface area contributed by atoms with E-state index in [2.05, 4.69) is 0 Å². The molecule has 4 rings (SSSR count). The molecule has 1 aliphatic heterocycles. The molecule has 1 aromatic carbocycles. The predicted molar refractivity (Wildman–Crippen MR) is 112 cm³/mol. The Labute approximate surface area is 177 Å². The number of rotatable bonds is 6. The lowest BCUT2D eigenvalue weighted by atomic mass is 9.99. The first kappa shape index (κ1) is 20.7. The van der Waals surface area contributed by atoms with Gasteiger partial charge in [-0.05, 0) is 57.4 Å². The molecule has 1 saturated heterocycles. The molecule has 1 amide bonds. The van der Waals surface area contributed by atoms with Crippen LogP contribution in [0.25, 0.3) is 16.9 Å². The Morgan fingerprint density at radius 1 is 1.19 bits per heavy atom. The fraction of sp³-hybridized carbons (Fsp3) is 0.318. The van der Waals surface area contributed by atoms with Crippen LogP contribution in [0.5, 0.6) is 0 Å². The largest absolute Gasteiger partial charge is 0.507 e. The van der Waals surface area contributed by atoms with Crippen LogP contribution in [0, 0.1) is 0 Å². The van der Waals surface area contributed by atoms with Crippen molar-refractivity contribution in [3.05, 3.63) is 64.0 Å². The molecule has 1 fully saturated rings. The SMILES string of the molecule is CN(C)CCCN1C(=O)C(=O)C(=C(O)c2ccc3c(c2)oc(=O)n3C)C1c1ccco1. The van der Waals surface area contributed by atoms with Crippen LogP contribution in [0.3, 0.4) is 0 Å². The molecule has 1 N–H and O–H groups in total. The summed E-state index contributed by atoms with van der Waals surface area (Å²) in [5.74, 6) is -1.96. The molecule has 0 saturated carbocycles. The number of ketones is 1. The quantitative estimate of drug-likeness (QED) is 0.366. The summed E-state index contributed by atoms with van der Waals surface area (Å²) in [6, 6.07) is 7.17. The average Bonchev–Trinajstić information content (AvgIpc) is 3.42. The molecule has 0 bridgehead atoms. The van der Waals surface area contributed by atoms with Crippen LogP contribution < -0.4 is 5.76 Å². The summed E-state index contributed by atoms with van der Waals surface area (Å²) in [5.41, 5.74) is 1.03. The number of carbonyl (C=O) groups excluding carboxylic acids is 2. The van der Waals surface area contributed by atoms with Crippen molar-refractivity contribution in [2.45, 2.75) is 12.5 Å². The van der Waals surface area contributed by atoms with E-state index >= 15 is 0 Å². The molecule has 9 nitrogen and oxygen atoms in total. The molecule has 0 spiro atoms. The molecule has 162 valence electrons. The monoisotopic (exact) mass is 425 g/mol. The number of hydrogen-bond donors (Lipinski definition) is 1. The van der Waals surface area contributed by atoms with Gasteiger partial charge >= 0.3 is 5.76 Å². The Hall–Kier alpha value is -3.59. The summed E-state index contributed by atoms with van der Waals surface area (Å²) in [5, 5.41) is 11.0. The van der Waals surface area contributed by atoms with E-state index in [4.69, 9.17) is 8.83 Å². The number of furan rings is 1. The Balaban J connectivity index is 1.80. The average molecular weight is 425 g/mol. The molecule has 1 atom stereocenters. The van der Waals surface area contributed by atoms with Gasteiger partial charge < -0.3 is 23.7 Å². The van der Waals surface area contributed by atoms with Crippen molar-refractivity contribution in [3.8, 4) is 0 Å². The van der Waals surface area contributed by atoms with Crippen molar-refractivity contribution >= 4 is 28.5 Å². The number of Topliss-reactive ketones (excluding diaryl/α,β-unsaturated/α-hetero) is 1. The number of aromatic nitrogens is 1. The standard InChI is InChI=1S/C22H23N3O6/c1-23(2)9-5-10-25-18(15-6-4-11-30-15)17(20(27)21(25)28)19(26)13-7-8-14-16(12-13)31-22(29)24(14)3/h4,6-8,11-12,18,26H,5,9-10H2,1-3H3. The number of aliphatic hydroxyl groups is 1. The maximum atomic E-state index is 12.9. The minimum Gasteiger partial charge on any atom is -0.507 e. The second-order valence-electron chi connectivity index (χ2n) is 7.77. The molecule has 3 aromatic rings. The van der Waals surface area contributed by atoms with Gasteiger partial charge in [-0.3, -0.25) is 14.2 Å². The first-order chi connectivity index (χ1) is 14.8. The van der Waals surface area contributed by atoms with Crippen molar-refractivity contribution in [1.29, 1.82) is 0 Å². The number of carbonyl (C=O) groups is 2. The Kier molecular flexibility index (Phi) is 5.28. The van der Waals surface area contributed by atoms with Gasteiger partial charge in [-0.1, -0.05) is 0 Å². The number of oxazole rings is 1. The molecule has 31 heavy (non-hydrogen) atoms. The van der Waals surface area contributed by atoms with Crippen LogP contribution in [0.1, 0.15) is 23.8 Å². The van der Waals surface area contributed by atoms with E-state index in [1.807, 2.05) is 19.0 Å². The van der Waals surface area contributed by atoms with Crippen molar-refractivity contribution in [1.82, 2.24) is 14.4 Å². The van der Waals surface area contributed by atoms with E-state index in [0.29, 0.717) is 24.2 Å². The minimum atomic E-state index is -0.837. The number of hydrogen-bond acceptors (Lipinski definition) is 7. The fourth-order valence-corrected chi connectivity index (χ4v) is 3.85. The van der Waals surface area contributed by atoms with Gasteiger partial charge in [-0.25, -0.2) is 4.79 Å². The summed E-state index contributed by atoms with van der Waals surface area (Å²) in [7, 11) is 5.43. The van der Waals surface area contributed by atoms with E-state index in [9.17, 15) is 19.5 Å². The lowest BCUT2D eigenvalue weighted by Crippen LogP contribution is -2.32. The first-order valence-corrected chi connectivity index (χ1v) is 9.86. The number of aliphatic hydroxyl groups excluding tert-OH is 1. The summed E-state index contributed by atoms with van der Waals surface area (Å²) in [6.07, 6.45) is 2.11. The van der Waals surface area contributed by atoms with Gasteiger partial charge in [0.15, 0.2) is 5.58 Å². The highest BCUT2D eigenvalue weighted by molar-refractivity contribution is 6.46. The molecule has 0 radical (unpaired) electrons. The van der Waals surface area contributed by atoms with Crippen LogP contribution in [0.4, 0.5) is 0 Å². The van der Waals surface area contributed by atoms with Crippen LogP contribution in [-0.2, 0) is 16.6 Å². The van der Waals surface area contributed by atoms with Gasteiger partial charge in [0.2, 0.25) is 0 Å². The summed E-state index contributed by atoms with van der Waals surface area (Å²) >= 11 is 0. The molecular weight excluding hydrogens is 402 g/mol. The van der Waals surface area contributed by atoms with E-state index in [1.54, 1.807) is 31.3 Å². The molecule has 2 aromatic heterocycles. The van der Waals surface area contributed by atoms with E-state index in [0.717, 1.165) is 6.54 Å². The zero-order chi connectivity index (χ0) is 22.3. The van der Waals surface area contributed by atoms with Gasteiger partial charge in [0.1, 0.15) is 17.6 Å². The zero-order valence-corrected chi connectivity index (χ0v) is 17.5. The third kappa shape index (κ3) is 3.57. The normalized spacial score (nSPS) is 18.6. The Morgan fingerprint density at radius 3 is 2.65 bits per heavy atom. The maximum absolute atomic E-state index is 12.9. The Morgan fingerprint density at radius 2 is 1.97 bits per heavy atom. The van der Waals surface area contributed by atoms with Crippen LogP contribution in [0.15, 0.2) is 55.8 Å². The lowest BCUT2D eigenvalue weighted by Gasteiger charge is -2.23. The molecule has 1 unspecified atom stereocenters. The van der Waals surface area contributed by atoms with Crippen molar-refractivity contribution in [2.75, 3.05) is 27.2 Å². The minimum absolute atomic E-state index is 0.0533. The third-order valence-electron chi connectivity index (χ3n) is 5.42. The van der Waals surface area contributed by atoms with Crippen LogP contribution >= 0.6 is 0 Å².